The van der Waals surface area contributed by atoms with Crippen molar-refractivity contribution in [2.24, 2.45) is 0 Å². The summed E-state index contributed by atoms with van der Waals surface area (Å²) in [4.78, 5) is 15.4. The Morgan fingerprint density at radius 3 is 3.25 bits per heavy atom. The van der Waals surface area contributed by atoms with Crippen molar-refractivity contribution < 1.29 is 9.53 Å². The van der Waals surface area contributed by atoms with Gasteiger partial charge in [0.1, 0.15) is 0 Å². The lowest BCUT2D eigenvalue weighted by atomic mass is 10.2. The molecule has 1 fully saturated rings. The van der Waals surface area contributed by atoms with Gasteiger partial charge in [-0.2, -0.15) is 0 Å². The summed E-state index contributed by atoms with van der Waals surface area (Å²) in [6, 6.07) is 3.76. The molecular weight excluding hydrogens is 206 g/mol. The van der Waals surface area contributed by atoms with Gasteiger partial charge in [0.2, 0.25) is 0 Å². The molecule has 1 aliphatic heterocycles. The predicted octanol–water partition coefficient (Wildman–Crippen LogP) is 0.670. The number of hydrogen-bond donors (Lipinski definition) is 2. The van der Waals surface area contributed by atoms with E-state index in [1.54, 1.807) is 12.4 Å². The van der Waals surface area contributed by atoms with Gasteiger partial charge in [0.05, 0.1) is 12.6 Å². The van der Waals surface area contributed by atoms with Gasteiger partial charge in [0.25, 0.3) is 0 Å². The molecule has 5 heteroatoms. The van der Waals surface area contributed by atoms with Crippen LogP contribution < -0.4 is 10.6 Å². The Hall–Kier alpha value is -1.62. The van der Waals surface area contributed by atoms with E-state index < -0.39 is 0 Å². The van der Waals surface area contributed by atoms with Crippen LogP contribution in [0.4, 0.5) is 4.79 Å². The van der Waals surface area contributed by atoms with E-state index in [4.69, 9.17) is 4.74 Å². The van der Waals surface area contributed by atoms with Crippen LogP contribution in [0.1, 0.15) is 12.0 Å². The third-order valence-electron chi connectivity index (χ3n) is 2.44. The summed E-state index contributed by atoms with van der Waals surface area (Å²) in [5, 5.41) is 5.63. The third-order valence-corrected chi connectivity index (χ3v) is 2.44. The second-order valence-electron chi connectivity index (χ2n) is 3.75. The maximum absolute atomic E-state index is 11.5. The van der Waals surface area contributed by atoms with E-state index in [1.807, 2.05) is 12.1 Å². The smallest absolute Gasteiger partial charge is 0.315 e. The molecule has 1 unspecified atom stereocenters. The highest BCUT2D eigenvalue weighted by atomic mass is 16.5. The molecule has 0 spiro atoms. The van der Waals surface area contributed by atoms with Gasteiger partial charge in [-0.3, -0.25) is 4.98 Å². The number of urea groups is 1. The van der Waals surface area contributed by atoms with Gasteiger partial charge in [-0.25, -0.2) is 4.79 Å². The van der Waals surface area contributed by atoms with Gasteiger partial charge in [0, 0.05) is 25.5 Å². The van der Waals surface area contributed by atoms with Crippen LogP contribution in [0, 0.1) is 0 Å². The number of nitrogens with zero attached hydrogens (tertiary/aromatic N) is 1. The van der Waals surface area contributed by atoms with Crippen LogP contribution in [0.25, 0.3) is 0 Å². The molecule has 0 aromatic carbocycles. The summed E-state index contributed by atoms with van der Waals surface area (Å²) >= 11 is 0. The van der Waals surface area contributed by atoms with Gasteiger partial charge in [-0.15, -0.1) is 0 Å². The predicted molar refractivity (Wildman–Crippen MR) is 58.8 cm³/mol. The number of aromatic nitrogens is 1. The minimum Gasteiger partial charge on any atom is -0.379 e. The first-order valence-corrected chi connectivity index (χ1v) is 5.35. The van der Waals surface area contributed by atoms with Crippen LogP contribution in [0.3, 0.4) is 0 Å². The molecule has 1 aliphatic rings. The van der Waals surface area contributed by atoms with Crippen LogP contribution in [-0.4, -0.2) is 30.3 Å². The molecule has 1 saturated heterocycles. The zero-order valence-corrected chi connectivity index (χ0v) is 8.98. The van der Waals surface area contributed by atoms with Crippen LogP contribution >= 0.6 is 0 Å². The van der Waals surface area contributed by atoms with Gasteiger partial charge in [-0.1, -0.05) is 6.07 Å². The summed E-state index contributed by atoms with van der Waals surface area (Å²) in [7, 11) is 0. The van der Waals surface area contributed by atoms with Gasteiger partial charge in [0.15, 0.2) is 0 Å². The Morgan fingerprint density at radius 2 is 2.56 bits per heavy atom. The molecule has 0 saturated carbocycles. The highest BCUT2D eigenvalue weighted by molar-refractivity contribution is 5.74. The number of carbonyl (C=O) groups is 1. The Balaban J connectivity index is 1.71. The lowest BCUT2D eigenvalue weighted by Gasteiger charge is -2.11. The second kappa shape index (κ2) is 5.46. The van der Waals surface area contributed by atoms with Crippen molar-refractivity contribution >= 4 is 6.03 Å². The van der Waals surface area contributed by atoms with E-state index in [0.29, 0.717) is 13.2 Å². The molecule has 0 bridgehead atoms. The number of carbonyl (C=O) groups excluding carboxylic acids is 1. The fraction of sp³-hybridized carbons (Fsp3) is 0.455. The number of rotatable bonds is 3. The fourth-order valence-electron chi connectivity index (χ4n) is 1.57. The number of amides is 2. The summed E-state index contributed by atoms with van der Waals surface area (Å²) < 4.78 is 5.17. The first kappa shape index (κ1) is 10.9. The summed E-state index contributed by atoms with van der Waals surface area (Å²) in [5.74, 6) is 0. The Labute approximate surface area is 94.2 Å². The Kier molecular flexibility index (Phi) is 3.71. The van der Waals surface area contributed by atoms with Crippen molar-refractivity contribution in [3.8, 4) is 0 Å². The average Bonchev–Trinajstić information content (AvgIpc) is 2.81. The molecule has 0 radical (unpaired) electrons. The molecule has 0 aliphatic carbocycles. The van der Waals surface area contributed by atoms with Crippen LogP contribution in [0.15, 0.2) is 24.5 Å². The van der Waals surface area contributed by atoms with Gasteiger partial charge < -0.3 is 15.4 Å². The summed E-state index contributed by atoms with van der Waals surface area (Å²) in [5.41, 5.74) is 0.986. The summed E-state index contributed by atoms with van der Waals surface area (Å²) in [6.07, 6.45) is 4.33. The number of nitrogens with one attached hydrogen (secondary N) is 2. The lowest BCUT2D eigenvalue weighted by Crippen LogP contribution is -2.42. The van der Waals surface area contributed by atoms with Crippen LogP contribution in [0.2, 0.25) is 0 Å². The average molecular weight is 221 g/mol. The molecular formula is C11H15N3O2. The van der Waals surface area contributed by atoms with Crippen molar-refractivity contribution in [3.63, 3.8) is 0 Å². The first-order valence-electron chi connectivity index (χ1n) is 5.35. The normalized spacial score (nSPS) is 19.4. The first-order chi connectivity index (χ1) is 7.84. The molecule has 1 atom stereocenters. The van der Waals surface area contributed by atoms with E-state index in [0.717, 1.165) is 18.6 Å². The van der Waals surface area contributed by atoms with Crippen molar-refractivity contribution in [1.82, 2.24) is 15.6 Å². The highest BCUT2D eigenvalue weighted by Gasteiger charge is 2.17. The molecule has 2 amide bonds. The minimum atomic E-state index is -0.153. The molecule has 1 aromatic rings. The Morgan fingerprint density at radius 1 is 1.62 bits per heavy atom. The van der Waals surface area contributed by atoms with E-state index in [9.17, 15) is 4.79 Å². The second-order valence-corrected chi connectivity index (χ2v) is 3.75. The van der Waals surface area contributed by atoms with Crippen LogP contribution in [0.5, 0.6) is 0 Å². The van der Waals surface area contributed by atoms with E-state index in [2.05, 4.69) is 15.6 Å². The largest absolute Gasteiger partial charge is 0.379 e. The number of pyridine rings is 1. The maximum atomic E-state index is 11.5. The zero-order valence-electron chi connectivity index (χ0n) is 8.98. The quantitative estimate of drug-likeness (QED) is 0.788. The number of ether oxygens (including phenoxy) is 1. The standard InChI is InChI=1S/C11H15N3O2/c15-11(14-10-3-5-16-8-10)13-7-9-2-1-4-12-6-9/h1-2,4,6,10H,3,5,7-8H2,(H2,13,14,15). The molecule has 86 valence electrons. The minimum absolute atomic E-state index is 0.147. The lowest BCUT2D eigenvalue weighted by molar-refractivity contribution is 0.188. The highest BCUT2D eigenvalue weighted by Crippen LogP contribution is 2.02. The Bertz CT molecular complexity index is 336. The SMILES string of the molecule is O=C(NCc1cccnc1)NC1CCOC1. The molecule has 1 aromatic heterocycles. The van der Waals surface area contributed by atoms with Crippen molar-refractivity contribution in [3.05, 3.63) is 30.1 Å². The topological polar surface area (TPSA) is 63.2 Å². The molecule has 2 heterocycles. The van der Waals surface area contributed by atoms with Gasteiger partial charge >= 0.3 is 6.03 Å². The monoisotopic (exact) mass is 221 g/mol. The number of hydrogen-bond acceptors (Lipinski definition) is 3. The van der Waals surface area contributed by atoms with E-state index >= 15 is 0 Å². The van der Waals surface area contributed by atoms with E-state index in [-0.39, 0.29) is 12.1 Å². The van der Waals surface area contributed by atoms with Gasteiger partial charge in [-0.05, 0) is 18.1 Å². The molecule has 2 N–H and O–H groups in total. The molecule has 5 nitrogen and oxygen atoms in total. The third kappa shape index (κ3) is 3.20. The van der Waals surface area contributed by atoms with Crippen LogP contribution in [-0.2, 0) is 11.3 Å². The molecule has 16 heavy (non-hydrogen) atoms. The van der Waals surface area contributed by atoms with E-state index in [1.165, 1.54) is 0 Å². The fourth-order valence-corrected chi connectivity index (χ4v) is 1.57. The summed E-state index contributed by atoms with van der Waals surface area (Å²) in [6.45, 7) is 1.83. The van der Waals surface area contributed by atoms with Crippen molar-refractivity contribution in [2.45, 2.75) is 19.0 Å². The molecule has 2 rings (SSSR count). The van der Waals surface area contributed by atoms with Crippen molar-refractivity contribution in [1.29, 1.82) is 0 Å². The zero-order chi connectivity index (χ0) is 11.2. The maximum Gasteiger partial charge on any atom is 0.315 e. The van der Waals surface area contributed by atoms with Crippen molar-refractivity contribution in [2.75, 3.05) is 13.2 Å².